The highest BCUT2D eigenvalue weighted by Gasteiger charge is 2.13. The van der Waals surface area contributed by atoms with E-state index in [2.05, 4.69) is 27.7 Å². The van der Waals surface area contributed by atoms with Crippen molar-refractivity contribution in [3.8, 4) is 0 Å². The molecule has 1 N–H and O–H groups in total. The van der Waals surface area contributed by atoms with Crippen LogP contribution >= 0.6 is 0 Å². The molecule has 0 bridgehead atoms. The Morgan fingerprint density at radius 2 is 1.78 bits per heavy atom. The van der Waals surface area contributed by atoms with Crippen molar-refractivity contribution in [2.45, 2.75) is 34.1 Å². The van der Waals surface area contributed by atoms with Gasteiger partial charge in [0, 0.05) is 6.61 Å². The molecule has 0 aliphatic carbocycles. The van der Waals surface area contributed by atoms with E-state index in [1.165, 1.54) is 0 Å². The van der Waals surface area contributed by atoms with E-state index in [4.69, 9.17) is 5.11 Å². The summed E-state index contributed by atoms with van der Waals surface area (Å²) in [4.78, 5) is 0. The average molecular weight is 130 g/mol. The van der Waals surface area contributed by atoms with Gasteiger partial charge < -0.3 is 5.11 Å². The van der Waals surface area contributed by atoms with Gasteiger partial charge in [0.05, 0.1) is 0 Å². The molecule has 0 unspecified atom stereocenters. The predicted molar refractivity (Wildman–Crippen MR) is 40.3 cm³/mol. The first-order valence-electron chi connectivity index (χ1n) is 3.56. The summed E-state index contributed by atoms with van der Waals surface area (Å²) in [7, 11) is 0. The fraction of sp³-hybridized carbons (Fsp3) is 1.00. The fourth-order valence-corrected chi connectivity index (χ4v) is 1.11. The lowest BCUT2D eigenvalue weighted by Gasteiger charge is -2.21. The van der Waals surface area contributed by atoms with E-state index >= 15 is 0 Å². The summed E-state index contributed by atoms with van der Waals surface area (Å²) in [6.07, 6.45) is 1.10. The standard InChI is InChI=1S/C8H18O/c1-7(6-9)5-8(2,3)4/h7,9H,5-6H2,1-4H3/t7-/m0/s1. The molecule has 56 valence electrons. The first-order valence-corrected chi connectivity index (χ1v) is 3.56. The molecular formula is C8H18O. The van der Waals surface area contributed by atoms with Gasteiger partial charge in [-0.1, -0.05) is 27.7 Å². The van der Waals surface area contributed by atoms with Crippen molar-refractivity contribution in [1.29, 1.82) is 0 Å². The summed E-state index contributed by atoms with van der Waals surface area (Å²) in [6, 6.07) is 0. The third-order valence-electron chi connectivity index (χ3n) is 1.27. The summed E-state index contributed by atoms with van der Waals surface area (Å²) in [5.41, 5.74) is 0.363. The zero-order chi connectivity index (χ0) is 7.49. The van der Waals surface area contributed by atoms with Crippen LogP contribution in [0.15, 0.2) is 0 Å². The van der Waals surface area contributed by atoms with Crippen molar-refractivity contribution in [3.05, 3.63) is 0 Å². The van der Waals surface area contributed by atoms with E-state index in [-0.39, 0.29) is 0 Å². The molecule has 0 aromatic heterocycles. The molecule has 0 saturated heterocycles. The second-order valence-corrected chi connectivity index (χ2v) is 4.05. The number of hydrogen-bond acceptors (Lipinski definition) is 1. The van der Waals surface area contributed by atoms with Gasteiger partial charge in [-0.15, -0.1) is 0 Å². The van der Waals surface area contributed by atoms with Gasteiger partial charge in [0.25, 0.3) is 0 Å². The number of aliphatic hydroxyl groups is 1. The zero-order valence-electron chi connectivity index (χ0n) is 6.94. The van der Waals surface area contributed by atoms with Gasteiger partial charge in [0.15, 0.2) is 0 Å². The molecule has 0 spiro atoms. The fourth-order valence-electron chi connectivity index (χ4n) is 1.11. The topological polar surface area (TPSA) is 20.2 Å². The Bertz CT molecular complexity index is 71.1. The Hall–Kier alpha value is -0.0400. The lowest BCUT2D eigenvalue weighted by Crippen LogP contribution is -2.13. The second kappa shape index (κ2) is 3.21. The Kier molecular flexibility index (Phi) is 3.20. The molecule has 0 aliphatic heterocycles. The van der Waals surface area contributed by atoms with Gasteiger partial charge in [0.1, 0.15) is 0 Å². The lowest BCUT2D eigenvalue weighted by molar-refractivity contribution is 0.191. The summed E-state index contributed by atoms with van der Waals surface area (Å²) in [5, 5.41) is 8.70. The summed E-state index contributed by atoms with van der Waals surface area (Å²) < 4.78 is 0. The molecule has 0 radical (unpaired) electrons. The molecule has 1 nitrogen and oxygen atoms in total. The number of rotatable bonds is 2. The molecule has 1 heteroatoms. The highest BCUT2D eigenvalue weighted by Crippen LogP contribution is 2.23. The minimum atomic E-state index is 0.317. The number of hydrogen-bond donors (Lipinski definition) is 1. The number of aliphatic hydroxyl groups excluding tert-OH is 1. The first-order chi connectivity index (χ1) is 3.95. The third-order valence-corrected chi connectivity index (χ3v) is 1.27. The van der Waals surface area contributed by atoms with Crippen LogP contribution in [0.25, 0.3) is 0 Å². The smallest absolute Gasteiger partial charge is 0.0456 e. The van der Waals surface area contributed by atoms with Crippen molar-refractivity contribution >= 4 is 0 Å². The summed E-state index contributed by atoms with van der Waals surface area (Å²) in [5.74, 6) is 0.449. The van der Waals surface area contributed by atoms with Crippen LogP contribution in [0.5, 0.6) is 0 Å². The molecule has 0 heterocycles. The van der Waals surface area contributed by atoms with E-state index in [0.717, 1.165) is 6.42 Å². The van der Waals surface area contributed by atoms with Crippen molar-refractivity contribution < 1.29 is 5.11 Å². The minimum absolute atomic E-state index is 0.317. The Balaban J connectivity index is 3.47. The summed E-state index contributed by atoms with van der Waals surface area (Å²) >= 11 is 0. The van der Waals surface area contributed by atoms with Crippen LogP contribution in [0.1, 0.15) is 34.1 Å². The van der Waals surface area contributed by atoms with Crippen LogP contribution in [0.2, 0.25) is 0 Å². The molecule has 9 heavy (non-hydrogen) atoms. The van der Waals surface area contributed by atoms with Gasteiger partial charge in [-0.25, -0.2) is 0 Å². The van der Waals surface area contributed by atoms with E-state index in [1.54, 1.807) is 0 Å². The van der Waals surface area contributed by atoms with Gasteiger partial charge in [-0.3, -0.25) is 0 Å². The average Bonchev–Trinajstić information content (AvgIpc) is 1.62. The maximum Gasteiger partial charge on any atom is 0.0456 e. The van der Waals surface area contributed by atoms with Gasteiger partial charge in [-0.05, 0) is 17.8 Å². The highest BCUT2D eigenvalue weighted by molar-refractivity contribution is 4.64. The molecule has 0 rings (SSSR count). The Morgan fingerprint density at radius 3 is 1.89 bits per heavy atom. The maximum atomic E-state index is 8.70. The van der Waals surface area contributed by atoms with Gasteiger partial charge in [-0.2, -0.15) is 0 Å². The first kappa shape index (κ1) is 8.96. The zero-order valence-corrected chi connectivity index (χ0v) is 6.94. The maximum absolute atomic E-state index is 8.70. The van der Waals surface area contributed by atoms with Crippen molar-refractivity contribution in [3.63, 3.8) is 0 Å². The van der Waals surface area contributed by atoms with Crippen LogP contribution in [0.3, 0.4) is 0 Å². The highest BCUT2D eigenvalue weighted by atomic mass is 16.3. The van der Waals surface area contributed by atoms with E-state index in [9.17, 15) is 0 Å². The molecule has 0 aromatic carbocycles. The predicted octanol–water partition coefficient (Wildman–Crippen LogP) is 2.05. The molecular weight excluding hydrogens is 112 g/mol. The molecule has 0 saturated carbocycles. The summed E-state index contributed by atoms with van der Waals surface area (Å²) in [6.45, 7) is 8.97. The second-order valence-electron chi connectivity index (χ2n) is 4.05. The molecule has 0 aromatic rings. The van der Waals surface area contributed by atoms with Crippen LogP contribution < -0.4 is 0 Å². The third kappa shape index (κ3) is 5.84. The van der Waals surface area contributed by atoms with Crippen LogP contribution in [0.4, 0.5) is 0 Å². The Morgan fingerprint density at radius 1 is 1.33 bits per heavy atom. The SMILES string of the molecule is C[C@H](CO)CC(C)(C)C. The van der Waals surface area contributed by atoms with Crippen molar-refractivity contribution in [2.24, 2.45) is 11.3 Å². The monoisotopic (exact) mass is 130 g/mol. The Labute approximate surface area is 58.1 Å². The van der Waals surface area contributed by atoms with E-state index < -0.39 is 0 Å². The normalized spacial score (nSPS) is 15.7. The van der Waals surface area contributed by atoms with Crippen molar-refractivity contribution in [1.82, 2.24) is 0 Å². The van der Waals surface area contributed by atoms with E-state index in [0.29, 0.717) is 17.9 Å². The van der Waals surface area contributed by atoms with Crippen LogP contribution in [0, 0.1) is 11.3 Å². The van der Waals surface area contributed by atoms with Crippen molar-refractivity contribution in [2.75, 3.05) is 6.61 Å². The lowest BCUT2D eigenvalue weighted by atomic mass is 9.86. The minimum Gasteiger partial charge on any atom is -0.396 e. The molecule has 1 atom stereocenters. The van der Waals surface area contributed by atoms with Gasteiger partial charge >= 0.3 is 0 Å². The van der Waals surface area contributed by atoms with E-state index in [1.807, 2.05) is 0 Å². The molecule has 0 amide bonds. The molecule has 0 fully saturated rings. The van der Waals surface area contributed by atoms with Gasteiger partial charge in [0.2, 0.25) is 0 Å². The quantitative estimate of drug-likeness (QED) is 0.606. The molecule has 0 aliphatic rings. The van der Waals surface area contributed by atoms with Crippen LogP contribution in [-0.4, -0.2) is 11.7 Å². The largest absolute Gasteiger partial charge is 0.396 e. The van der Waals surface area contributed by atoms with Crippen LogP contribution in [-0.2, 0) is 0 Å².